The molecule has 0 heterocycles. The Balaban J connectivity index is 2.81. The van der Waals surface area contributed by atoms with Crippen molar-refractivity contribution in [2.24, 2.45) is 0 Å². The molecule has 0 amide bonds. The normalized spacial score (nSPS) is 12.6. The van der Waals surface area contributed by atoms with Crippen LogP contribution in [0.2, 0.25) is 0 Å². The molecular weight excluding hydrogens is 224 g/mol. The van der Waals surface area contributed by atoms with Crippen molar-refractivity contribution >= 4 is 0 Å². The van der Waals surface area contributed by atoms with Gasteiger partial charge in [0, 0.05) is 32.8 Å². The fourth-order valence-electron chi connectivity index (χ4n) is 2.08. The lowest BCUT2D eigenvalue weighted by Crippen LogP contribution is -2.37. The number of ether oxygens (including phenoxy) is 1. The van der Waals surface area contributed by atoms with Gasteiger partial charge in [-0.2, -0.15) is 0 Å². The van der Waals surface area contributed by atoms with Crippen LogP contribution in [0.15, 0.2) is 43.0 Å². The predicted molar refractivity (Wildman–Crippen MR) is 76.8 cm³/mol. The minimum absolute atomic E-state index is 0.351. The van der Waals surface area contributed by atoms with Gasteiger partial charge in [-0.15, -0.1) is 6.58 Å². The Kier molecular flexibility index (Phi) is 7.34. The molecule has 0 saturated heterocycles. The van der Waals surface area contributed by atoms with Gasteiger partial charge in [0.25, 0.3) is 0 Å². The molecule has 0 aliphatic rings. The quantitative estimate of drug-likeness (QED) is 0.677. The lowest BCUT2D eigenvalue weighted by molar-refractivity contribution is 0.128. The summed E-state index contributed by atoms with van der Waals surface area (Å²) in [4.78, 5) is 2.38. The van der Waals surface area contributed by atoms with Gasteiger partial charge in [0.15, 0.2) is 0 Å². The van der Waals surface area contributed by atoms with Gasteiger partial charge in [0.1, 0.15) is 0 Å². The van der Waals surface area contributed by atoms with E-state index in [-0.39, 0.29) is 0 Å². The number of hydrogen-bond acceptors (Lipinski definition) is 3. The smallest absolute Gasteiger partial charge is 0.0590 e. The molecule has 0 bridgehead atoms. The zero-order valence-corrected chi connectivity index (χ0v) is 11.4. The van der Waals surface area contributed by atoms with Crippen LogP contribution in [0.3, 0.4) is 0 Å². The van der Waals surface area contributed by atoms with E-state index in [1.807, 2.05) is 19.2 Å². The molecule has 0 radical (unpaired) electrons. The van der Waals surface area contributed by atoms with Crippen LogP contribution in [-0.4, -0.2) is 45.3 Å². The highest BCUT2D eigenvalue weighted by atomic mass is 16.5. The summed E-state index contributed by atoms with van der Waals surface area (Å²) in [5.74, 6) is 0. The predicted octanol–water partition coefficient (Wildman–Crippen LogP) is 2.08. The second-order valence-electron chi connectivity index (χ2n) is 4.26. The van der Waals surface area contributed by atoms with E-state index in [9.17, 15) is 0 Å². The number of nitrogens with zero attached hydrogens (tertiary/aromatic N) is 1. The minimum atomic E-state index is 0.351. The molecular formula is C15H24N2O. The summed E-state index contributed by atoms with van der Waals surface area (Å²) < 4.78 is 5.19. The third-order valence-corrected chi connectivity index (χ3v) is 2.97. The third kappa shape index (κ3) is 4.61. The summed E-state index contributed by atoms with van der Waals surface area (Å²) in [6.07, 6.45) is 1.95. The number of methoxy groups -OCH3 is 1. The van der Waals surface area contributed by atoms with Gasteiger partial charge in [-0.05, 0) is 12.6 Å². The Morgan fingerprint density at radius 3 is 2.67 bits per heavy atom. The van der Waals surface area contributed by atoms with Gasteiger partial charge >= 0.3 is 0 Å². The molecule has 100 valence electrons. The van der Waals surface area contributed by atoms with Crippen molar-refractivity contribution in [2.75, 3.05) is 40.4 Å². The number of rotatable bonds is 9. The lowest BCUT2D eigenvalue weighted by Gasteiger charge is -2.31. The van der Waals surface area contributed by atoms with E-state index in [4.69, 9.17) is 4.74 Å². The second-order valence-corrected chi connectivity index (χ2v) is 4.26. The van der Waals surface area contributed by atoms with Crippen molar-refractivity contribution in [3.63, 3.8) is 0 Å². The van der Waals surface area contributed by atoms with Gasteiger partial charge in [-0.1, -0.05) is 36.4 Å². The van der Waals surface area contributed by atoms with Crippen LogP contribution in [-0.2, 0) is 4.74 Å². The molecule has 1 N–H and O–H groups in total. The van der Waals surface area contributed by atoms with Gasteiger partial charge in [-0.3, -0.25) is 4.90 Å². The Labute approximate surface area is 110 Å². The first-order chi connectivity index (χ1) is 8.83. The molecule has 1 atom stereocenters. The largest absolute Gasteiger partial charge is 0.383 e. The van der Waals surface area contributed by atoms with Crippen molar-refractivity contribution < 1.29 is 4.74 Å². The number of nitrogens with one attached hydrogen (secondary N) is 1. The van der Waals surface area contributed by atoms with Crippen molar-refractivity contribution in [1.29, 1.82) is 0 Å². The summed E-state index contributed by atoms with van der Waals surface area (Å²) in [7, 11) is 3.72. The molecule has 0 spiro atoms. The topological polar surface area (TPSA) is 24.5 Å². The zero-order valence-electron chi connectivity index (χ0n) is 11.4. The molecule has 0 aliphatic carbocycles. The van der Waals surface area contributed by atoms with Crippen molar-refractivity contribution in [1.82, 2.24) is 10.2 Å². The molecule has 3 nitrogen and oxygen atoms in total. The van der Waals surface area contributed by atoms with Crippen LogP contribution >= 0.6 is 0 Å². The highest BCUT2D eigenvalue weighted by Gasteiger charge is 2.18. The Morgan fingerprint density at radius 1 is 1.39 bits per heavy atom. The maximum absolute atomic E-state index is 5.19. The molecule has 18 heavy (non-hydrogen) atoms. The average Bonchev–Trinajstić information content (AvgIpc) is 2.42. The van der Waals surface area contributed by atoms with Gasteiger partial charge in [0.05, 0.1) is 6.61 Å². The molecule has 3 heteroatoms. The monoisotopic (exact) mass is 248 g/mol. The van der Waals surface area contributed by atoms with E-state index in [0.717, 1.165) is 26.2 Å². The fourth-order valence-corrected chi connectivity index (χ4v) is 2.08. The first-order valence-electron chi connectivity index (χ1n) is 6.37. The van der Waals surface area contributed by atoms with Gasteiger partial charge in [0.2, 0.25) is 0 Å². The minimum Gasteiger partial charge on any atom is -0.383 e. The zero-order chi connectivity index (χ0) is 13.2. The van der Waals surface area contributed by atoms with E-state index >= 15 is 0 Å². The van der Waals surface area contributed by atoms with Crippen LogP contribution in [0.5, 0.6) is 0 Å². The second kappa shape index (κ2) is 8.86. The first kappa shape index (κ1) is 14.9. The van der Waals surface area contributed by atoms with Crippen LogP contribution in [0.25, 0.3) is 0 Å². The van der Waals surface area contributed by atoms with Crippen LogP contribution in [0.1, 0.15) is 11.6 Å². The summed E-state index contributed by atoms with van der Waals surface area (Å²) >= 11 is 0. The highest BCUT2D eigenvalue weighted by molar-refractivity contribution is 5.19. The Bertz CT molecular complexity index is 327. The van der Waals surface area contributed by atoms with Crippen LogP contribution < -0.4 is 5.32 Å². The Morgan fingerprint density at radius 2 is 2.11 bits per heavy atom. The number of hydrogen-bond donors (Lipinski definition) is 1. The van der Waals surface area contributed by atoms with Crippen molar-refractivity contribution in [3.8, 4) is 0 Å². The molecule has 0 fully saturated rings. The van der Waals surface area contributed by atoms with Crippen molar-refractivity contribution in [3.05, 3.63) is 48.6 Å². The van der Waals surface area contributed by atoms with E-state index in [1.165, 1.54) is 5.56 Å². The molecule has 0 saturated carbocycles. The van der Waals surface area contributed by atoms with Crippen LogP contribution in [0.4, 0.5) is 0 Å². The average molecular weight is 248 g/mol. The number of likely N-dealkylation sites (N-methyl/N-ethyl adjacent to an activating group) is 1. The van der Waals surface area contributed by atoms with Gasteiger partial charge in [-0.25, -0.2) is 0 Å². The summed E-state index contributed by atoms with van der Waals surface area (Å²) in [6, 6.07) is 10.9. The summed E-state index contributed by atoms with van der Waals surface area (Å²) in [5, 5.41) is 3.26. The Hall–Kier alpha value is -1.16. The third-order valence-electron chi connectivity index (χ3n) is 2.97. The van der Waals surface area contributed by atoms with E-state index < -0.39 is 0 Å². The van der Waals surface area contributed by atoms with E-state index in [1.54, 1.807) is 7.11 Å². The van der Waals surface area contributed by atoms with E-state index in [2.05, 4.69) is 41.1 Å². The lowest BCUT2D eigenvalue weighted by atomic mass is 10.1. The molecule has 0 aliphatic heterocycles. The molecule has 1 unspecified atom stereocenters. The molecule has 1 rings (SSSR count). The summed E-state index contributed by atoms with van der Waals surface area (Å²) in [6.45, 7) is 7.27. The standard InChI is InChI=1S/C15H24N2O/c1-4-10-17(11-12-18-3)15(13-16-2)14-8-6-5-7-9-14/h4-9,15-16H,1,10-13H2,2-3H3. The van der Waals surface area contributed by atoms with Crippen LogP contribution in [0, 0.1) is 0 Å². The fraction of sp³-hybridized carbons (Fsp3) is 0.467. The van der Waals surface area contributed by atoms with Gasteiger partial charge < -0.3 is 10.1 Å². The van der Waals surface area contributed by atoms with Crippen molar-refractivity contribution in [2.45, 2.75) is 6.04 Å². The SMILES string of the molecule is C=CCN(CCOC)C(CNC)c1ccccc1. The summed E-state index contributed by atoms with van der Waals surface area (Å²) in [5.41, 5.74) is 1.32. The highest BCUT2D eigenvalue weighted by Crippen LogP contribution is 2.19. The molecule has 1 aromatic carbocycles. The molecule has 1 aromatic rings. The maximum Gasteiger partial charge on any atom is 0.0590 e. The molecule has 0 aromatic heterocycles. The van der Waals surface area contributed by atoms with E-state index in [0.29, 0.717) is 6.04 Å². The maximum atomic E-state index is 5.19. The first-order valence-corrected chi connectivity index (χ1v) is 6.37. The number of benzene rings is 1.